The third-order valence-electron chi connectivity index (χ3n) is 2.45. The molecule has 0 aliphatic carbocycles. The van der Waals surface area contributed by atoms with E-state index in [0.717, 1.165) is 6.20 Å². The van der Waals surface area contributed by atoms with Gasteiger partial charge >= 0.3 is 5.97 Å². The molecule has 1 aromatic heterocycles. The summed E-state index contributed by atoms with van der Waals surface area (Å²) in [6.45, 7) is 0. The first kappa shape index (κ1) is 12.5. The molecule has 0 aliphatic heterocycles. The number of rotatable bonds is 2. The summed E-state index contributed by atoms with van der Waals surface area (Å²) in [5, 5.41) is 0.223. The van der Waals surface area contributed by atoms with Crippen LogP contribution in [0.25, 0.3) is 11.1 Å². The Morgan fingerprint density at radius 1 is 1.28 bits per heavy atom. The SMILES string of the molecule is COC(=O)c1ccc(-c2c(F)cncc2Cl)cc1. The minimum atomic E-state index is -0.506. The average molecular weight is 266 g/mol. The van der Waals surface area contributed by atoms with Gasteiger partial charge in [0.1, 0.15) is 0 Å². The molecule has 0 aliphatic rings. The van der Waals surface area contributed by atoms with Crippen molar-refractivity contribution in [2.24, 2.45) is 0 Å². The highest BCUT2D eigenvalue weighted by Gasteiger charge is 2.11. The fourth-order valence-corrected chi connectivity index (χ4v) is 1.83. The summed E-state index contributed by atoms with van der Waals surface area (Å²) in [4.78, 5) is 14.9. The third kappa shape index (κ3) is 2.33. The molecule has 0 saturated carbocycles. The first-order chi connectivity index (χ1) is 8.63. The van der Waals surface area contributed by atoms with E-state index in [-0.39, 0.29) is 10.6 Å². The van der Waals surface area contributed by atoms with Gasteiger partial charge in [-0.2, -0.15) is 0 Å². The minimum absolute atomic E-state index is 0.223. The average Bonchev–Trinajstić information content (AvgIpc) is 2.38. The van der Waals surface area contributed by atoms with Gasteiger partial charge in [0.25, 0.3) is 0 Å². The third-order valence-corrected chi connectivity index (χ3v) is 2.73. The summed E-state index contributed by atoms with van der Waals surface area (Å²) in [5.74, 6) is -0.948. The lowest BCUT2D eigenvalue weighted by Crippen LogP contribution is -2.00. The quantitative estimate of drug-likeness (QED) is 0.782. The Labute approximate surface area is 108 Å². The number of methoxy groups -OCH3 is 1. The predicted molar refractivity (Wildman–Crippen MR) is 66.0 cm³/mol. The van der Waals surface area contributed by atoms with Gasteiger partial charge in [-0.3, -0.25) is 4.98 Å². The standard InChI is InChI=1S/C13H9ClFNO2/c1-18-13(17)9-4-2-8(3-5-9)12-10(14)6-16-7-11(12)15/h2-7H,1H3. The van der Waals surface area contributed by atoms with E-state index < -0.39 is 11.8 Å². The summed E-state index contributed by atoms with van der Waals surface area (Å²) in [5.41, 5.74) is 1.24. The summed E-state index contributed by atoms with van der Waals surface area (Å²) >= 11 is 5.90. The van der Waals surface area contributed by atoms with Crippen LogP contribution in [0.4, 0.5) is 4.39 Å². The number of hydrogen-bond donors (Lipinski definition) is 0. The second kappa shape index (κ2) is 5.14. The van der Waals surface area contributed by atoms with Crippen molar-refractivity contribution < 1.29 is 13.9 Å². The van der Waals surface area contributed by atoms with Gasteiger partial charge in [-0.1, -0.05) is 23.7 Å². The second-order valence-corrected chi connectivity index (χ2v) is 3.95. The van der Waals surface area contributed by atoms with Crippen LogP contribution in [0.15, 0.2) is 36.7 Å². The molecule has 0 bridgehead atoms. The van der Waals surface area contributed by atoms with Crippen molar-refractivity contribution in [3.8, 4) is 11.1 Å². The zero-order valence-electron chi connectivity index (χ0n) is 9.48. The molecule has 92 valence electrons. The Kier molecular flexibility index (Phi) is 3.58. The predicted octanol–water partition coefficient (Wildman–Crippen LogP) is 3.33. The number of esters is 1. The first-order valence-electron chi connectivity index (χ1n) is 5.11. The molecule has 0 spiro atoms. The Balaban J connectivity index is 2.44. The zero-order valence-corrected chi connectivity index (χ0v) is 10.2. The first-order valence-corrected chi connectivity index (χ1v) is 5.49. The number of ether oxygens (including phenoxy) is 1. The molecule has 0 fully saturated rings. The number of aromatic nitrogens is 1. The van der Waals surface area contributed by atoms with E-state index in [2.05, 4.69) is 9.72 Å². The van der Waals surface area contributed by atoms with Gasteiger partial charge in [-0.05, 0) is 17.7 Å². The van der Waals surface area contributed by atoms with Gasteiger partial charge in [0.2, 0.25) is 0 Å². The number of benzene rings is 1. The van der Waals surface area contributed by atoms with Crippen molar-refractivity contribution in [3.05, 3.63) is 53.1 Å². The molecule has 2 aromatic rings. The van der Waals surface area contributed by atoms with E-state index in [1.807, 2.05) is 0 Å². The Morgan fingerprint density at radius 3 is 2.50 bits per heavy atom. The number of hydrogen-bond acceptors (Lipinski definition) is 3. The molecule has 1 aromatic carbocycles. The van der Waals surface area contributed by atoms with Gasteiger partial charge in [-0.25, -0.2) is 9.18 Å². The van der Waals surface area contributed by atoms with Gasteiger partial charge in [0.15, 0.2) is 5.82 Å². The highest BCUT2D eigenvalue weighted by atomic mass is 35.5. The van der Waals surface area contributed by atoms with E-state index in [9.17, 15) is 9.18 Å². The van der Waals surface area contributed by atoms with Crippen molar-refractivity contribution in [2.45, 2.75) is 0 Å². The number of carbonyl (C=O) groups is 1. The molecule has 0 amide bonds. The van der Waals surface area contributed by atoms with Crippen molar-refractivity contribution >= 4 is 17.6 Å². The monoisotopic (exact) mass is 265 g/mol. The van der Waals surface area contributed by atoms with E-state index >= 15 is 0 Å². The van der Waals surface area contributed by atoms with Gasteiger partial charge in [0.05, 0.1) is 23.9 Å². The van der Waals surface area contributed by atoms with Gasteiger partial charge in [0, 0.05) is 11.8 Å². The Bertz CT molecular complexity index is 564. The fourth-order valence-electron chi connectivity index (χ4n) is 1.58. The lowest BCUT2D eigenvalue weighted by atomic mass is 10.0. The van der Waals surface area contributed by atoms with Crippen molar-refractivity contribution in [2.75, 3.05) is 7.11 Å². The van der Waals surface area contributed by atoms with Crippen molar-refractivity contribution in [3.63, 3.8) is 0 Å². The molecular weight excluding hydrogens is 257 g/mol. The maximum atomic E-state index is 13.6. The lowest BCUT2D eigenvalue weighted by Gasteiger charge is -2.06. The topological polar surface area (TPSA) is 39.2 Å². The van der Waals surface area contributed by atoms with Crippen molar-refractivity contribution in [1.29, 1.82) is 0 Å². The van der Waals surface area contributed by atoms with E-state index in [4.69, 9.17) is 11.6 Å². The second-order valence-electron chi connectivity index (χ2n) is 3.55. The summed E-state index contributed by atoms with van der Waals surface area (Å²) in [7, 11) is 1.30. The van der Waals surface area contributed by atoms with Crippen LogP contribution in [-0.2, 0) is 4.74 Å². The summed E-state index contributed by atoms with van der Waals surface area (Å²) in [6, 6.07) is 6.32. The number of halogens is 2. The number of carbonyl (C=O) groups excluding carboxylic acids is 1. The molecule has 5 heteroatoms. The molecule has 3 nitrogen and oxygen atoms in total. The highest BCUT2D eigenvalue weighted by Crippen LogP contribution is 2.29. The van der Waals surface area contributed by atoms with Crippen LogP contribution in [0.5, 0.6) is 0 Å². The van der Waals surface area contributed by atoms with Gasteiger partial charge in [-0.15, -0.1) is 0 Å². The number of nitrogens with zero attached hydrogens (tertiary/aromatic N) is 1. The van der Waals surface area contributed by atoms with Crippen LogP contribution in [0.2, 0.25) is 5.02 Å². The van der Waals surface area contributed by atoms with E-state index in [0.29, 0.717) is 11.1 Å². The van der Waals surface area contributed by atoms with Crippen LogP contribution < -0.4 is 0 Å². The Morgan fingerprint density at radius 2 is 1.94 bits per heavy atom. The molecule has 0 atom stereocenters. The van der Waals surface area contributed by atoms with E-state index in [1.54, 1.807) is 24.3 Å². The molecule has 0 unspecified atom stereocenters. The van der Waals surface area contributed by atoms with Crippen LogP contribution >= 0.6 is 11.6 Å². The summed E-state index contributed by atoms with van der Waals surface area (Å²) in [6.07, 6.45) is 2.46. The maximum absolute atomic E-state index is 13.6. The van der Waals surface area contributed by atoms with Gasteiger partial charge < -0.3 is 4.74 Å². The Hall–Kier alpha value is -1.94. The van der Waals surface area contributed by atoms with Crippen molar-refractivity contribution in [1.82, 2.24) is 4.98 Å². The van der Waals surface area contributed by atoms with E-state index in [1.165, 1.54) is 13.3 Å². The van der Waals surface area contributed by atoms with Crippen LogP contribution in [0, 0.1) is 5.82 Å². The highest BCUT2D eigenvalue weighted by molar-refractivity contribution is 6.33. The molecule has 1 heterocycles. The molecule has 0 radical (unpaired) electrons. The smallest absolute Gasteiger partial charge is 0.337 e. The van der Waals surface area contributed by atoms with Crippen LogP contribution in [0.3, 0.4) is 0 Å². The normalized spacial score (nSPS) is 10.2. The molecule has 0 N–H and O–H groups in total. The molecule has 0 saturated heterocycles. The maximum Gasteiger partial charge on any atom is 0.337 e. The largest absolute Gasteiger partial charge is 0.465 e. The minimum Gasteiger partial charge on any atom is -0.465 e. The van der Waals surface area contributed by atoms with Crippen LogP contribution in [-0.4, -0.2) is 18.1 Å². The number of pyridine rings is 1. The van der Waals surface area contributed by atoms with Crippen LogP contribution in [0.1, 0.15) is 10.4 Å². The summed E-state index contributed by atoms with van der Waals surface area (Å²) < 4.78 is 18.2. The lowest BCUT2D eigenvalue weighted by molar-refractivity contribution is 0.0601. The molecule has 2 rings (SSSR count). The zero-order chi connectivity index (χ0) is 13.1. The molecule has 18 heavy (non-hydrogen) atoms. The molecular formula is C13H9ClFNO2. The fraction of sp³-hybridized carbons (Fsp3) is 0.0769.